The normalized spacial score (nSPS) is 12.6. The molecule has 0 amide bonds. The van der Waals surface area contributed by atoms with Crippen LogP contribution < -0.4 is 0 Å². The molecule has 2 heteroatoms. The molecule has 8 aromatic carbocycles. The number of benzene rings is 8. The fourth-order valence-electron chi connectivity index (χ4n) is 8.74. The fraction of sp³-hybridized carbons (Fsp3) is 0.0588. The number of fused-ring (bicyclic) bond motifs is 3. The molecule has 1 aliphatic rings. The largest absolute Gasteiger partial charge is 0.507 e. The summed E-state index contributed by atoms with van der Waals surface area (Å²) in [6.45, 7) is 4.22. The second-order valence-corrected chi connectivity index (χ2v) is 14.0. The van der Waals surface area contributed by atoms with Crippen molar-refractivity contribution in [3.05, 3.63) is 215 Å². The number of aryl methyl sites for hydroxylation is 2. The van der Waals surface area contributed by atoms with Crippen molar-refractivity contribution in [2.45, 2.75) is 19.3 Å². The van der Waals surface area contributed by atoms with Gasteiger partial charge < -0.3 is 10.2 Å². The van der Waals surface area contributed by atoms with Gasteiger partial charge in [-0.25, -0.2) is 0 Å². The molecule has 8 aromatic rings. The highest BCUT2D eigenvalue weighted by molar-refractivity contribution is 5.96. The molecule has 0 radical (unpaired) electrons. The first-order chi connectivity index (χ1) is 26.0. The summed E-state index contributed by atoms with van der Waals surface area (Å²) in [5.74, 6) is 0.374. The van der Waals surface area contributed by atoms with E-state index >= 15 is 0 Å². The van der Waals surface area contributed by atoms with Gasteiger partial charge in [0.2, 0.25) is 0 Å². The number of aromatic hydroxyl groups is 2. The molecule has 0 heterocycles. The number of phenolic OH excluding ortho intramolecular Hbond substituents is 2. The molecule has 9 rings (SSSR count). The van der Waals surface area contributed by atoms with Crippen LogP contribution in [0.3, 0.4) is 0 Å². The van der Waals surface area contributed by atoms with E-state index in [0.717, 1.165) is 77.9 Å². The van der Waals surface area contributed by atoms with Crippen LogP contribution in [0.2, 0.25) is 0 Å². The fourth-order valence-corrected chi connectivity index (χ4v) is 8.74. The molecule has 2 nitrogen and oxygen atoms in total. The zero-order valence-electron chi connectivity index (χ0n) is 29.7. The van der Waals surface area contributed by atoms with E-state index in [4.69, 9.17) is 0 Å². The van der Waals surface area contributed by atoms with Gasteiger partial charge in [-0.3, -0.25) is 0 Å². The van der Waals surface area contributed by atoms with E-state index in [1.54, 1.807) is 0 Å². The highest BCUT2D eigenvalue weighted by atomic mass is 16.3. The van der Waals surface area contributed by atoms with Gasteiger partial charge in [-0.1, -0.05) is 182 Å². The monoisotopic (exact) mass is 682 g/mol. The Morgan fingerprint density at radius 1 is 0.302 bits per heavy atom. The summed E-state index contributed by atoms with van der Waals surface area (Å²) in [6.07, 6.45) is 0. The van der Waals surface area contributed by atoms with Crippen LogP contribution >= 0.6 is 0 Å². The predicted octanol–water partition coefficient (Wildman–Crippen LogP) is 12.7. The van der Waals surface area contributed by atoms with E-state index in [9.17, 15) is 10.2 Å². The molecule has 254 valence electrons. The SMILES string of the molecule is Cc1ccccc1-c1ccc(C2(c3ccc(-c4ccccc4C)c(-c4ccccc4)c3O)c3ccccc3-c3ccccc32)c(O)c1-c1ccccc1. The molecule has 0 atom stereocenters. The van der Waals surface area contributed by atoms with Gasteiger partial charge in [0.1, 0.15) is 11.5 Å². The van der Waals surface area contributed by atoms with Crippen LogP contribution in [-0.2, 0) is 5.41 Å². The maximum absolute atomic E-state index is 13.1. The Kier molecular flexibility index (Phi) is 7.82. The van der Waals surface area contributed by atoms with Gasteiger partial charge in [-0.2, -0.15) is 0 Å². The zero-order chi connectivity index (χ0) is 36.1. The summed E-state index contributed by atoms with van der Waals surface area (Å²) in [4.78, 5) is 0. The molecule has 0 aliphatic heterocycles. The Bertz CT molecular complexity index is 2470. The van der Waals surface area contributed by atoms with Crippen molar-refractivity contribution >= 4 is 0 Å². The quantitative estimate of drug-likeness (QED) is 0.183. The van der Waals surface area contributed by atoms with Crippen LogP contribution in [-0.4, -0.2) is 10.2 Å². The smallest absolute Gasteiger partial charge is 0.128 e. The highest BCUT2D eigenvalue weighted by Crippen LogP contribution is 2.62. The minimum absolute atomic E-state index is 0.187. The number of hydrogen-bond acceptors (Lipinski definition) is 2. The molecule has 0 saturated heterocycles. The van der Waals surface area contributed by atoms with E-state index in [2.05, 4.69) is 135 Å². The lowest BCUT2D eigenvalue weighted by atomic mass is 9.65. The molecule has 0 saturated carbocycles. The van der Waals surface area contributed by atoms with Crippen molar-refractivity contribution in [1.82, 2.24) is 0 Å². The minimum Gasteiger partial charge on any atom is -0.507 e. The molecule has 0 spiro atoms. The van der Waals surface area contributed by atoms with Crippen LogP contribution in [0.25, 0.3) is 55.6 Å². The molecule has 0 fully saturated rings. The third kappa shape index (κ3) is 4.94. The molecule has 0 unspecified atom stereocenters. The summed E-state index contributed by atoms with van der Waals surface area (Å²) >= 11 is 0. The van der Waals surface area contributed by atoms with Crippen LogP contribution in [0.5, 0.6) is 11.5 Å². The van der Waals surface area contributed by atoms with Gasteiger partial charge in [0.15, 0.2) is 0 Å². The minimum atomic E-state index is -1.07. The molecular weight excluding hydrogens is 645 g/mol. The molecule has 2 N–H and O–H groups in total. The average Bonchev–Trinajstić information content (AvgIpc) is 3.49. The summed E-state index contributed by atoms with van der Waals surface area (Å²) in [7, 11) is 0. The number of rotatable bonds is 6. The first-order valence-corrected chi connectivity index (χ1v) is 18.1. The second kappa shape index (κ2) is 12.8. The van der Waals surface area contributed by atoms with Crippen molar-refractivity contribution < 1.29 is 10.2 Å². The number of phenols is 2. The van der Waals surface area contributed by atoms with Gasteiger partial charge in [0, 0.05) is 22.3 Å². The lowest BCUT2D eigenvalue weighted by molar-refractivity contribution is 0.450. The molecular formula is C51H38O2. The van der Waals surface area contributed by atoms with Crippen molar-refractivity contribution in [3.8, 4) is 67.1 Å². The zero-order valence-corrected chi connectivity index (χ0v) is 29.7. The van der Waals surface area contributed by atoms with E-state index in [1.165, 1.54) is 0 Å². The van der Waals surface area contributed by atoms with Crippen LogP contribution in [0.4, 0.5) is 0 Å². The van der Waals surface area contributed by atoms with Crippen molar-refractivity contribution in [2.24, 2.45) is 0 Å². The van der Waals surface area contributed by atoms with Crippen LogP contribution in [0.1, 0.15) is 33.4 Å². The first-order valence-electron chi connectivity index (χ1n) is 18.1. The van der Waals surface area contributed by atoms with Gasteiger partial charge >= 0.3 is 0 Å². The maximum atomic E-state index is 13.1. The van der Waals surface area contributed by atoms with Gasteiger partial charge in [0.25, 0.3) is 0 Å². The van der Waals surface area contributed by atoms with Crippen molar-refractivity contribution in [3.63, 3.8) is 0 Å². The maximum Gasteiger partial charge on any atom is 0.128 e. The van der Waals surface area contributed by atoms with E-state index in [1.807, 2.05) is 60.7 Å². The lowest BCUT2D eigenvalue weighted by Gasteiger charge is -2.36. The topological polar surface area (TPSA) is 40.5 Å². The van der Waals surface area contributed by atoms with E-state index in [0.29, 0.717) is 11.1 Å². The van der Waals surface area contributed by atoms with Crippen molar-refractivity contribution in [2.75, 3.05) is 0 Å². The molecule has 0 aromatic heterocycles. The molecule has 0 bridgehead atoms. The van der Waals surface area contributed by atoms with Crippen molar-refractivity contribution in [1.29, 1.82) is 0 Å². The van der Waals surface area contributed by atoms with E-state index in [-0.39, 0.29) is 11.5 Å². The summed E-state index contributed by atoms with van der Waals surface area (Å²) in [6, 6.07) is 62.3. The Morgan fingerprint density at radius 2 is 0.642 bits per heavy atom. The Hall–Kier alpha value is -6.64. The Morgan fingerprint density at radius 3 is 1.04 bits per heavy atom. The first kappa shape index (κ1) is 32.3. The standard InChI is InChI=1S/C51H38O2/c1-33-17-9-11-23-37(33)41-29-31-45(49(52)47(41)35-19-5-3-6-20-35)51(43-27-15-13-25-39(43)40-26-14-16-28-44(40)51)46-32-30-42(38-24-12-10-18-34(38)2)48(50(46)53)36-21-7-4-8-22-36/h3-32,52-53H,1-2H3. The lowest BCUT2D eigenvalue weighted by Crippen LogP contribution is -2.29. The van der Waals surface area contributed by atoms with Gasteiger partial charge in [-0.15, -0.1) is 0 Å². The van der Waals surface area contributed by atoms with Crippen LogP contribution in [0.15, 0.2) is 182 Å². The predicted molar refractivity (Wildman–Crippen MR) is 218 cm³/mol. The molecule has 53 heavy (non-hydrogen) atoms. The average molecular weight is 683 g/mol. The summed E-state index contributed by atoms with van der Waals surface area (Å²) in [5.41, 5.74) is 14.2. The third-order valence-electron chi connectivity index (χ3n) is 11.1. The third-order valence-corrected chi connectivity index (χ3v) is 11.1. The van der Waals surface area contributed by atoms with Gasteiger partial charge in [0.05, 0.1) is 5.41 Å². The summed E-state index contributed by atoms with van der Waals surface area (Å²) < 4.78 is 0. The highest BCUT2D eigenvalue weighted by Gasteiger charge is 2.50. The summed E-state index contributed by atoms with van der Waals surface area (Å²) in [5, 5.41) is 26.2. The second-order valence-electron chi connectivity index (χ2n) is 14.0. The van der Waals surface area contributed by atoms with Crippen LogP contribution in [0, 0.1) is 13.8 Å². The number of hydrogen-bond donors (Lipinski definition) is 2. The molecule has 1 aliphatic carbocycles. The van der Waals surface area contributed by atoms with Gasteiger partial charge in [-0.05, 0) is 80.6 Å². The van der Waals surface area contributed by atoms with E-state index < -0.39 is 5.41 Å². The Labute approximate surface area is 311 Å². The Balaban J connectivity index is 1.45.